The van der Waals surface area contributed by atoms with E-state index in [9.17, 15) is 22.7 Å². The first kappa shape index (κ1) is 23.9. The van der Waals surface area contributed by atoms with Crippen LogP contribution in [0.4, 0.5) is 4.39 Å². The molecule has 1 heterocycles. The molecule has 3 rings (SSSR count). The molecular formula is C22H22ClFN2O5S. The van der Waals surface area contributed by atoms with Crippen LogP contribution in [0.3, 0.4) is 0 Å². The lowest BCUT2D eigenvalue weighted by Crippen LogP contribution is -2.28. The third-order valence-electron chi connectivity index (χ3n) is 4.84. The number of hydrogen-bond acceptors (Lipinski definition) is 6. The minimum absolute atomic E-state index is 0.0964. The molecule has 1 atom stereocenters. The molecule has 0 aliphatic carbocycles. The maximum absolute atomic E-state index is 13.9. The highest BCUT2D eigenvalue weighted by molar-refractivity contribution is 7.90. The van der Waals surface area contributed by atoms with Crippen LogP contribution in [-0.2, 0) is 9.84 Å². The monoisotopic (exact) mass is 480 g/mol. The number of hydrogen-bond donors (Lipinski definition) is 1. The Balaban J connectivity index is 2.13. The number of sulfone groups is 1. The van der Waals surface area contributed by atoms with E-state index in [1.165, 1.54) is 42.6 Å². The number of aliphatic hydroxyl groups excluding tert-OH is 1. The predicted molar refractivity (Wildman–Crippen MR) is 120 cm³/mol. The molecule has 0 spiro atoms. The minimum atomic E-state index is -3.39. The van der Waals surface area contributed by atoms with Crippen LogP contribution >= 0.6 is 11.6 Å². The first-order valence-corrected chi connectivity index (χ1v) is 11.9. The molecule has 2 aromatic carbocycles. The summed E-state index contributed by atoms with van der Waals surface area (Å²) in [7, 11) is -3.39. The second-order valence-corrected chi connectivity index (χ2v) is 10.0. The highest BCUT2D eigenvalue weighted by atomic mass is 35.5. The number of ether oxygens (including phenoxy) is 1. The number of halogens is 2. The van der Waals surface area contributed by atoms with Crippen LogP contribution in [0.25, 0.3) is 16.8 Å². The van der Waals surface area contributed by atoms with Crippen LogP contribution in [-0.4, -0.2) is 42.3 Å². The summed E-state index contributed by atoms with van der Waals surface area (Å²) < 4.78 is 44.1. The molecule has 0 unspecified atom stereocenters. The van der Waals surface area contributed by atoms with Gasteiger partial charge in [0.1, 0.15) is 12.4 Å². The quantitative estimate of drug-likeness (QED) is 0.555. The Bertz CT molecular complexity index is 1290. The van der Waals surface area contributed by atoms with Gasteiger partial charge in [0.05, 0.1) is 27.9 Å². The summed E-state index contributed by atoms with van der Waals surface area (Å²) in [5.74, 6) is -0.930. The van der Waals surface area contributed by atoms with E-state index >= 15 is 0 Å². The molecule has 32 heavy (non-hydrogen) atoms. The fourth-order valence-electron chi connectivity index (χ4n) is 2.83. The fraction of sp³-hybridized carbons (Fsp3) is 0.273. The molecule has 0 fully saturated rings. The molecule has 170 valence electrons. The van der Waals surface area contributed by atoms with E-state index in [2.05, 4.69) is 5.10 Å². The Morgan fingerprint density at radius 3 is 2.41 bits per heavy atom. The Hall–Kier alpha value is -2.75. The standard InChI is InChI=1S/C22H22ClFN2O5S/c1-13(2)20(27)12-31-21-17(14-4-7-16(8-5-14)32(3,29)30)11-25-26(22(21)28)15-6-9-18(23)19(24)10-15/h4-11,13,20,27H,12H2,1-3H3/t20-/m1/s1. The highest BCUT2D eigenvalue weighted by Crippen LogP contribution is 2.28. The van der Waals surface area contributed by atoms with Crippen molar-refractivity contribution in [3.8, 4) is 22.6 Å². The van der Waals surface area contributed by atoms with Crippen molar-refractivity contribution in [3.05, 3.63) is 69.9 Å². The van der Waals surface area contributed by atoms with Crippen LogP contribution in [0.5, 0.6) is 5.75 Å². The molecule has 0 amide bonds. The maximum Gasteiger partial charge on any atom is 0.314 e. The summed E-state index contributed by atoms with van der Waals surface area (Å²) in [6, 6.07) is 9.71. The van der Waals surface area contributed by atoms with Crippen LogP contribution < -0.4 is 10.3 Å². The lowest BCUT2D eigenvalue weighted by Gasteiger charge is -2.18. The number of nitrogens with zero attached hydrogens (tertiary/aromatic N) is 2. The molecule has 0 bridgehead atoms. The van der Waals surface area contributed by atoms with Gasteiger partial charge in [0, 0.05) is 17.9 Å². The van der Waals surface area contributed by atoms with Gasteiger partial charge in [-0.2, -0.15) is 9.78 Å². The van der Waals surface area contributed by atoms with Crippen molar-refractivity contribution in [2.45, 2.75) is 24.8 Å². The summed E-state index contributed by atoms with van der Waals surface area (Å²) in [5, 5.41) is 14.2. The van der Waals surface area contributed by atoms with E-state index in [1.807, 2.05) is 0 Å². The molecule has 0 radical (unpaired) electrons. The summed E-state index contributed by atoms with van der Waals surface area (Å²) in [4.78, 5) is 13.3. The Morgan fingerprint density at radius 1 is 1.19 bits per heavy atom. The van der Waals surface area contributed by atoms with Gasteiger partial charge in [0.15, 0.2) is 15.6 Å². The van der Waals surface area contributed by atoms with Gasteiger partial charge in [-0.1, -0.05) is 37.6 Å². The topological polar surface area (TPSA) is 98.5 Å². The van der Waals surface area contributed by atoms with E-state index < -0.39 is 27.3 Å². The van der Waals surface area contributed by atoms with Gasteiger partial charge in [-0.15, -0.1) is 0 Å². The van der Waals surface area contributed by atoms with Gasteiger partial charge < -0.3 is 9.84 Å². The molecule has 0 saturated heterocycles. The van der Waals surface area contributed by atoms with Crippen molar-refractivity contribution in [2.24, 2.45) is 5.92 Å². The van der Waals surface area contributed by atoms with Crippen molar-refractivity contribution >= 4 is 21.4 Å². The first-order valence-electron chi connectivity index (χ1n) is 9.68. The van der Waals surface area contributed by atoms with Crippen LogP contribution in [0, 0.1) is 11.7 Å². The van der Waals surface area contributed by atoms with Crippen LogP contribution in [0.15, 0.2) is 58.4 Å². The smallest absolute Gasteiger partial charge is 0.314 e. The molecule has 1 N–H and O–H groups in total. The molecule has 7 nitrogen and oxygen atoms in total. The average molecular weight is 481 g/mol. The molecule has 0 saturated carbocycles. The first-order chi connectivity index (χ1) is 15.0. The van der Waals surface area contributed by atoms with Gasteiger partial charge in [0.25, 0.3) is 0 Å². The summed E-state index contributed by atoms with van der Waals surface area (Å²) in [6.07, 6.45) is 1.63. The zero-order valence-electron chi connectivity index (χ0n) is 17.6. The van der Waals surface area contributed by atoms with Gasteiger partial charge in [-0.25, -0.2) is 12.8 Å². The summed E-state index contributed by atoms with van der Waals surface area (Å²) >= 11 is 5.73. The second-order valence-electron chi connectivity index (χ2n) is 7.62. The number of benzene rings is 2. The summed E-state index contributed by atoms with van der Waals surface area (Å²) in [6.45, 7) is 3.46. The molecule has 1 aromatic heterocycles. The van der Waals surface area contributed by atoms with Gasteiger partial charge >= 0.3 is 5.56 Å². The Morgan fingerprint density at radius 2 is 1.84 bits per heavy atom. The zero-order valence-corrected chi connectivity index (χ0v) is 19.2. The second kappa shape index (κ2) is 9.40. The van der Waals surface area contributed by atoms with Gasteiger partial charge in [0.2, 0.25) is 0 Å². The van der Waals surface area contributed by atoms with E-state index in [0.29, 0.717) is 11.1 Å². The van der Waals surface area contributed by atoms with Gasteiger partial charge in [-0.3, -0.25) is 4.79 Å². The van der Waals surface area contributed by atoms with E-state index in [0.717, 1.165) is 17.0 Å². The van der Waals surface area contributed by atoms with Crippen molar-refractivity contribution in [2.75, 3.05) is 12.9 Å². The normalized spacial score (nSPS) is 12.7. The Labute approximate surface area is 190 Å². The number of rotatable bonds is 7. The predicted octanol–water partition coefficient (Wildman–Crippen LogP) is 3.49. The van der Waals surface area contributed by atoms with Crippen molar-refractivity contribution in [1.82, 2.24) is 9.78 Å². The fourth-order valence-corrected chi connectivity index (χ4v) is 3.57. The molecular weight excluding hydrogens is 459 g/mol. The molecule has 3 aromatic rings. The average Bonchev–Trinajstić information content (AvgIpc) is 2.74. The summed E-state index contributed by atoms with van der Waals surface area (Å²) in [5.41, 5.74) is 0.264. The zero-order chi connectivity index (χ0) is 23.6. The lowest BCUT2D eigenvalue weighted by atomic mass is 10.1. The molecule has 0 aliphatic rings. The number of aliphatic hydroxyl groups is 1. The minimum Gasteiger partial charge on any atom is -0.485 e. The Kier molecular flexibility index (Phi) is 7.02. The van der Waals surface area contributed by atoms with Crippen molar-refractivity contribution < 1.29 is 22.7 Å². The van der Waals surface area contributed by atoms with Crippen LogP contribution in [0.1, 0.15) is 13.8 Å². The van der Waals surface area contributed by atoms with E-state index in [1.54, 1.807) is 13.8 Å². The lowest BCUT2D eigenvalue weighted by molar-refractivity contribution is 0.0695. The third kappa shape index (κ3) is 5.17. The van der Waals surface area contributed by atoms with Crippen LogP contribution in [0.2, 0.25) is 5.02 Å². The van der Waals surface area contributed by atoms with E-state index in [4.69, 9.17) is 16.3 Å². The van der Waals surface area contributed by atoms with Crippen molar-refractivity contribution in [1.29, 1.82) is 0 Å². The van der Waals surface area contributed by atoms with Gasteiger partial charge in [-0.05, 0) is 35.7 Å². The SMILES string of the molecule is CC(C)[C@H](O)COc1c(-c2ccc(S(C)(=O)=O)cc2)cnn(-c2ccc(Cl)c(F)c2)c1=O. The molecule has 10 heteroatoms. The molecule has 0 aliphatic heterocycles. The van der Waals surface area contributed by atoms with Crippen molar-refractivity contribution in [3.63, 3.8) is 0 Å². The highest BCUT2D eigenvalue weighted by Gasteiger charge is 2.19. The maximum atomic E-state index is 13.9. The largest absolute Gasteiger partial charge is 0.485 e. The van der Waals surface area contributed by atoms with E-state index in [-0.39, 0.29) is 33.9 Å². The third-order valence-corrected chi connectivity index (χ3v) is 6.28. The number of aromatic nitrogens is 2.